The third kappa shape index (κ3) is 2.13. The van der Waals surface area contributed by atoms with Gasteiger partial charge in [0.2, 0.25) is 5.91 Å². The number of ketones is 1. The Hall–Kier alpha value is -1.64. The van der Waals surface area contributed by atoms with Gasteiger partial charge in [0.05, 0.1) is 5.92 Å². The van der Waals surface area contributed by atoms with E-state index in [1.165, 1.54) is 0 Å². The lowest BCUT2D eigenvalue weighted by Gasteiger charge is -2.11. The van der Waals surface area contributed by atoms with Gasteiger partial charge >= 0.3 is 0 Å². The molecular weight excluding hydrogens is 202 g/mol. The molecule has 1 fully saturated rings. The highest BCUT2D eigenvalue weighted by molar-refractivity contribution is 6.08. The summed E-state index contributed by atoms with van der Waals surface area (Å²) in [5.41, 5.74) is 1.81. The molecule has 0 aliphatic heterocycles. The maximum absolute atomic E-state index is 11.8. The molecule has 84 valence electrons. The summed E-state index contributed by atoms with van der Waals surface area (Å²) in [6, 6.07) is 7.59. The predicted molar refractivity (Wildman–Crippen MR) is 62.2 cm³/mol. The number of hydrogen-bond donors (Lipinski definition) is 1. The molecule has 0 spiro atoms. The van der Waals surface area contributed by atoms with E-state index in [-0.39, 0.29) is 11.7 Å². The zero-order chi connectivity index (χ0) is 11.5. The molecule has 1 aliphatic carbocycles. The summed E-state index contributed by atoms with van der Waals surface area (Å²) in [5, 5.41) is 2.82. The van der Waals surface area contributed by atoms with Crippen LogP contribution in [0.1, 0.15) is 24.8 Å². The van der Waals surface area contributed by atoms with E-state index < -0.39 is 5.92 Å². The zero-order valence-corrected chi connectivity index (χ0v) is 9.32. The lowest BCUT2D eigenvalue weighted by atomic mass is 10.1. The van der Waals surface area contributed by atoms with Crippen LogP contribution in [0.2, 0.25) is 0 Å². The van der Waals surface area contributed by atoms with Gasteiger partial charge in [0.25, 0.3) is 0 Å². The normalized spacial score (nSPS) is 19.8. The van der Waals surface area contributed by atoms with Crippen LogP contribution in [-0.4, -0.2) is 11.7 Å². The molecule has 16 heavy (non-hydrogen) atoms. The van der Waals surface area contributed by atoms with Gasteiger partial charge in [-0.3, -0.25) is 9.59 Å². The molecule has 0 radical (unpaired) electrons. The van der Waals surface area contributed by atoms with Crippen molar-refractivity contribution in [3.8, 4) is 0 Å². The smallest absolute Gasteiger partial charge is 0.234 e. The van der Waals surface area contributed by atoms with Crippen LogP contribution < -0.4 is 5.32 Å². The van der Waals surface area contributed by atoms with Crippen molar-refractivity contribution in [2.24, 2.45) is 5.92 Å². The molecule has 1 aliphatic rings. The largest absolute Gasteiger partial charge is 0.325 e. The number of Topliss-reactive ketones (excluding diaryl/α,β-unsaturated/α-hetero) is 1. The molecule has 1 atom stereocenters. The second-order valence-corrected chi connectivity index (χ2v) is 4.22. The van der Waals surface area contributed by atoms with Crippen LogP contribution in [0.25, 0.3) is 0 Å². The number of hydrogen-bond acceptors (Lipinski definition) is 2. The van der Waals surface area contributed by atoms with Crippen molar-refractivity contribution in [3.63, 3.8) is 0 Å². The van der Waals surface area contributed by atoms with E-state index in [0.717, 1.165) is 17.7 Å². The fourth-order valence-electron chi connectivity index (χ4n) is 2.03. The van der Waals surface area contributed by atoms with Crippen molar-refractivity contribution < 1.29 is 9.59 Å². The summed E-state index contributed by atoms with van der Waals surface area (Å²) in [6.07, 6.45) is 2.08. The van der Waals surface area contributed by atoms with E-state index in [2.05, 4.69) is 5.32 Å². The predicted octanol–water partition coefficient (Wildman–Crippen LogP) is 2.30. The molecule has 0 saturated heterocycles. The van der Waals surface area contributed by atoms with E-state index in [0.29, 0.717) is 12.8 Å². The first kappa shape index (κ1) is 10.9. The third-order valence-corrected chi connectivity index (χ3v) is 3.02. The van der Waals surface area contributed by atoms with Gasteiger partial charge in [-0.1, -0.05) is 18.2 Å². The van der Waals surface area contributed by atoms with Crippen LogP contribution in [0.4, 0.5) is 5.69 Å². The van der Waals surface area contributed by atoms with Crippen molar-refractivity contribution in [1.82, 2.24) is 0 Å². The minimum atomic E-state index is -0.431. The lowest BCUT2D eigenvalue weighted by molar-refractivity contribution is -0.129. The maximum Gasteiger partial charge on any atom is 0.234 e. The van der Waals surface area contributed by atoms with E-state index in [1.807, 2.05) is 31.2 Å². The Kier molecular flexibility index (Phi) is 3.04. The SMILES string of the molecule is Cc1ccccc1NC(=O)C1CCCC1=O. The average Bonchev–Trinajstić information content (AvgIpc) is 2.68. The maximum atomic E-state index is 11.8. The molecule has 1 unspecified atom stereocenters. The van der Waals surface area contributed by atoms with Crippen molar-refractivity contribution >= 4 is 17.4 Å². The number of para-hydroxylation sites is 1. The highest BCUT2D eigenvalue weighted by Gasteiger charge is 2.30. The molecule has 1 saturated carbocycles. The van der Waals surface area contributed by atoms with Gasteiger partial charge in [0.1, 0.15) is 5.78 Å². The molecule has 1 aromatic rings. The first-order chi connectivity index (χ1) is 7.68. The van der Waals surface area contributed by atoms with Crippen molar-refractivity contribution in [2.75, 3.05) is 5.32 Å². The molecular formula is C13H15NO2. The average molecular weight is 217 g/mol. The third-order valence-electron chi connectivity index (χ3n) is 3.02. The Bertz CT molecular complexity index is 426. The second-order valence-electron chi connectivity index (χ2n) is 4.22. The highest BCUT2D eigenvalue weighted by atomic mass is 16.2. The summed E-state index contributed by atoms with van der Waals surface area (Å²) in [4.78, 5) is 23.3. The molecule has 3 heteroatoms. The summed E-state index contributed by atoms with van der Waals surface area (Å²) in [5.74, 6) is -0.512. The number of benzene rings is 1. The van der Waals surface area contributed by atoms with Crippen LogP contribution in [-0.2, 0) is 9.59 Å². The quantitative estimate of drug-likeness (QED) is 0.772. The summed E-state index contributed by atoms with van der Waals surface area (Å²) < 4.78 is 0. The lowest BCUT2D eigenvalue weighted by Crippen LogP contribution is -2.25. The van der Waals surface area contributed by atoms with Crippen LogP contribution in [0.15, 0.2) is 24.3 Å². The molecule has 0 bridgehead atoms. The second kappa shape index (κ2) is 4.47. The Morgan fingerprint density at radius 3 is 2.75 bits per heavy atom. The van der Waals surface area contributed by atoms with Crippen molar-refractivity contribution in [3.05, 3.63) is 29.8 Å². The Labute approximate surface area is 94.9 Å². The molecule has 2 rings (SSSR count). The van der Waals surface area contributed by atoms with Crippen molar-refractivity contribution in [1.29, 1.82) is 0 Å². The van der Waals surface area contributed by atoms with Crippen LogP contribution in [0, 0.1) is 12.8 Å². The topological polar surface area (TPSA) is 46.2 Å². The molecule has 0 heterocycles. The number of amides is 1. The van der Waals surface area contributed by atoms with Gasteiger partial charge in [-0.25, -0.2) is 0 Å². The summed E-state index contributed by atoms with van der Waals surface area (Å²) in [7, 11) is 0. The van der Waals surface area contributed by atoms with Gasteiger partial charge in [-0.05, 0) is 31.4 Å². The molecule has 1 aromatic carbocycles. The van der Waals surface area contributed by atoms with Gasteiger partial charge in [-0.2, -0.15) is 0 Å². The van der Waals surface area contributed by atoms with Crippen LogP contribution in [0.3, 0.4) is 0 Å². The molecule has 3 nitrogen and oxygen atoms in total. The van der Waals surface area contributed by atoms with Gasteiger partial charge < -0.3 is 5.32 Å². The Morgan fingerprint density at radius 1 is 1.38 bits per heavy atom. The summed E-state index contributed by atoms with van der Waals surface area (Å²) >= 11 is 0. The fraction of sp³-hybridized carbons (Fsp3) is 0.385. The van der Waals surface area contributed by atoms with E-state index >= 15 is 0 Å². The monoisotopic (exact) mass is 217 g/mol. The Balaban J connectivity index is 2.08. The molecule has 1 amide bonds. The fourth-order valence-corrected chi connectivity index (χ4v) is 2.03. The van der Waals surface area contributed by atoms with Gasteiger partial charge in [0.15, 0.2) is 0 Å². The minimum Gasteiger partial charge on any atom is -0.325 e. The number of anilines is 1. The number of rotatable bonds is 2. The van der Waals surface area contributed by atoms with Gasteiger partial charge in [0, 0.05) is 12.1 Å². The molecule has 1 N–H and O–H groups in total. The Morgan fingerprint density at radius 2 is 2.12 bits per heavy atom. The standard InChI is InChI=1S/C13H15NO2/c1-9-5-2-3-7-11(9)14-13(16)10-6-4-8-12(10)15/h2-3,5,7,10H,4,6,8H2,1H3,(H,14,16). The number of carbonyl (C=O) groups excluding carboxylic acids is 2. The first-order valence-electron chi connectivity index (χ1n) is 5.57. The van der Waals surface area contributed by atoms with E-state index in [4.69, 9.17) is 0 Å². The van der Waals surface area contributed by atoms with Crippen LogP contribution >= 0.6 is 0 Å². The number of nitrogens with one attached hydrogen (secondary N) is 1. The number of carbonyl (C=O) groups is 2. The first-order valence-corrected chi connectivity index (χ1v) is 5.57. The van der Waals surface area contributed by atoms with E-state index in [1.54, 1.807) is 0 Å². The number of aryl methyl sites for hydroxylation is 1. The molecule has 0 aromatic heterocycles. The summed E-state index contributed by atoms with van der Waals surface area (Å²) in [6.45, 7) is 1.94. The zero-order valence-electron chi connectivity index (χ0n) is 9.32. The van der Waals surface area contributed by atoms with Gasteiger partial charge in [-0.15, -0.1) is 0 Å². The van der Waals surface area contributed by atoms with Crippen LogP contribution in [0.5, 0.6) is 0 Å². The highest BCUT2D eigenvalue weighted by Crippen LogP contribution is 2.23. The minimum absolute atomic E-state index is 0.0751. The van der Waals surface area contributed by atoms with Crippen molar-refractivity contribution in [2.45, 2.75) is 26.2 Å². The van der Waals surface area contributed by atoms with E-state index in [9.17, 15) is 9.59 Å².